The van der Waals surface area contributed by atoms with Crippen LogP contribution in [0, 0.1) is 0 Å². The van der Waals surface area contributed by atoms with Crippen molar-refractivity contribution in [3.8, 4) is 0 Å². The van der Waals surface area contributed by atoms with E-state index in [1.54, 1.807) is 46.1 Å². The number of carbonyl (C=O) groups is 2. The average Bonchev–Trinajstić information content (AvgIpc) is 3.01. The van der Waals surface area contributed by atoms with Crippen molar-refractivity contribution in [1.82, 2.24) is 14.6 Å². The Labute approximate surface area is 176 Å². The van der Waals surface area contributed by atoms with E-state index >= 15 is 0 Å². The average molecular weight is 418 g/mol. The third-order valence-electron chi connectivity index (χ3n) is 4.39. The van der Waals surface area contributed by atoms with Gasteiger partial charge in [-0.2, -0.15) is 4.98 Å². The molecule has 0 unspecified atom stereocenters. The van der Waals surface area contributed by atoms with Crippen LogP contribution in [-0.4, -0.2) is 51.2 Å². The Morgan fingerprint density at radius 1 is 1.03 bits per heavy atom. The van der Waals surface area contributed by atoms with Gasteiger partial charge >= 0.3 is 12.2 Å². The molecule has 1 fully saturated rings. The molecule has 0 aromatic carbocycles. The topological polar surface area (TPSA) is 95.3 Å². The van der Waals surface area contributed by atoms with E-state index in [0.717, 1.165) is 36.5 Å². The summed E-state index contributed by atoms with van der Waals surface area (Å²) in [5.41, 5.74) is 0.0284. The normalized spacial score (nSPS) is 15.8. The van der Waals surface area contributed by atoms with E-state index in [1.165, 1.54) is 0 Å². The number of ether oxygens (including phenoxy) is 3. The fraction of sp³-hybridized carbons (Fsp3) is 0.619. The number of imide groups is 1. The Balaban J connectivity index is 1.95. The Morgan fingerprint density at radius 3 is 2.13 bits per heavy atom. The Hall–Kier alpha value is -2.68. The molecule has 0 radical (unpaired) electrons. The van der Waals surface area contributed by atoms with Crippen molar-refractivity contribution >= 4 is 23.8 Å². The van der Waals surface area contributed by atoms with Crippen LogP contribution in [0.5, 0.6) is 0 Å². The number of hydrogen-bond acceptors (Lipinski definition) is 7. The van der Waals surface area contributed by atoms with E-state index in [4.69, 9.17) is 14.2 Å². The van der Waals surface area contributed by atoms with Crippen LogP contribution < -0.4 is 4.90 Å². The quantitative estimate of drug-likeness (QED) is 0.717. The number of rotatable bonds is 2. The van der Waals surface area contributed by atoms with Gasteiger partial charge in [0, 0.05) is 19.4 Å². The fourth-order valence-corrected chi connectivity index (χ4v) is 3.11. The van der Waals surface area contributed by atoms with Crippen molar-refractivity contribution in [3.63, 3.8) is 0 Å². The number of carbonyl (C=O) groups excluding carboxylic acids is 2. The van der Waals surface area contributed by atoms with Crippen LogP contribution in [0.25, 0.3) is 5.65 Å². The lowest BCUT2D eigenvalue weighted by Gasteiger charge is -2.26. The van der Waals surface area contributed by atoms with Gasteiger partial charge in [-0.15, -0.1) is 10.00 Å². The summed E-state index contributed by atoms with van der Waals surface area (Å²) in [4.78, 5) is 30.6. The number of nitrogens with zero attached hydrogens (tertiary/aromatic N) is 4. The second kappa shape index (κ2) is 8.22. The minimum atomic E-state index is -0.891. The third kappa shape index (κ3) is 5.47. The maximum atomic E-state index is 12.8. The SMILES string of the molecule is CC(C)(C)OC(=O)N(C(=O)OC(C)(C)C)c1nc2ccc(C3CCOCC3)cn2n1. The number of hydrogen-bond donors (Lipinski definition) is 0. The molecule has 164 valence electrons. The van der Waals surface area contributed by atoms with E-state index in [-0.39, 0.29) is 5.95 Å². The molecule has 2 aromatic heterocycles. The molecule has 2 aromatic rings. The van der Waals surface area contributed by atoms with Gasteiger partial charge in [0.2, 0.25) is 0 Å². The van der Waals surface area contributed by atoms with Gasteiger partial charge in [-0.3, -0.25) is 0 Å². The van der Waals surface area contributed by atoms with Crippen molar-refractivity contribution in [2.75, 3.05) is 18.1 Å². The van der Waals surface area contributed by atoms with Crippen LogP contribution in [0.4, 0.5) is 15.5 Å². The third-order valence-corrected chi connectivity index (χ3v) is 4.39. The summed E-state index contributed by atoms with van der Waals surface area (Å²) in [6.45, 7) is 11.8. The second-order valence-corrected chi connectivity index (χ2v) is 9.36. The predicted octanol–water partition coefficient (Wildman–Crippen LogP) is 4.30. The summed E-state index contributed by atoms with van der Waals surface area (Å²) >= 11 is 0. The minimum absolute atomic E-state index is 0.0948. The largest absolute Gasteiger partial charge is 0.443 e. The maximum Gasteiger partial charge on any atom is 0.427 e. The Morgan fingerprint density at radius 2 is 1.60 bits per heavy atom. The highest BCUT2D eigenvalue weighted by molar-refractivity contribution is 6.08. The van der Waals surface area contributed by atoms with Gasteiger partial charge in [0.1, 0.15) is 11.2 Å². The number of anilines is 1. The molecular formula is C21H30N4O5. The van der Waals surface area contributed by atoms with Crippen molar-refractivity contribution < 1.29 is 23.8 Å². The van der Waals surface area contributed by atoms with Crippen LogP contribution in [-0.2, 0) is 14.2 Å². The predicted molar refractivity (Wildman–Crippen MR) is 111 cm³/mol. The Kier molecular flexibility index (Phi) is 6.03. The molecule has 1 aliphatic rings. The molecule has 1 saturated heterocycles. The molecule has 3 heterocycles. The summed E-state index contributed by atoms with van der Waals surface area (Å²) in [5.74, 6) is 0.284. The van der Waals surface area contributed by atoms with Crippen LogP contribution in [0.15, 0.2) is 18.3 Å². The molecule has 9 nitrogen and oxygen atoms in total. The van der Waals surface area contributed by atoms with Crippen molar-refractivity contribution in [1.29, 1.82) is 0 Å². The molecule has 9 heteroatoms. The molecule has 0 saturated carbocycles. The summed E-state index contributed by atoms with van der Waals surface area (Å²) in [6, 6.07) is 3.82. The van der Waals surface area contributed by atoms with Crippen LogP contribution in [0.3, 0.4) is 0 Å². The van der Waals surface area contributed by atoms with Crippen LogP contribution >= 0.6 is 0 Å². The van der Waals surface area contributed by atoms with Crippen molar-refractivity contribution in [2.24, 2.45) is 0 Å². The lowest BCUT2D eigenvalue weighted by atomic mass is 9.93. The maximum absolute atomic E-state index is 12.8. The van der Waals surface area contributed by atoms with E-state index in [2.05, 4.69) is 10.1 Å². The van der Waals surface area contributed by atoms with Crippen molar-refractivity contribution in [2.45, 2.75) is 71.5 Å². The van der Waals surface area contributed by atoms with E-state index in [9.17, 15) is 9.59 Å². The van der Waals surface area contributed by atoms with Crippen molar-refractivity contribution in [3.05, 3.63) is 23.9 Å². The zero-order valence-electron chi connectivity index (χ0n) is 18.5. The first-order valence-electron chi connectivity index (χ1n) is 10.1. The second-order valence-electron chi connectivity index (χ2n) is 9.36. The zero-order chi connectivity index (χ0) is 22.1. The summed E-state index contributed by atoms with van der Waals surface area (Å²) in [7, 11) is 0. The molecule has 0 atom stereocenters. The molecule has 0 N–H and O–H groups in total. The fourth-order valence-electron chi connectivity index (χ4n) is 3.11. The summed E-state index contributed by atoms with van der Waals surface area (Å²) in [6.07, 6.45) is 1.98. The van der Waals surface area contributed by atoms with E-state index < -0.39 is 23.4 Å². The van der Waals surface area contributed by atoms with Gasteiger partial charge in [0.15, 0.2) is 5.65 Å². The number of pyridine rings is 1. The lowest BCUT2D eigenvalue weighted by Crippen LogP contribution is -2.44. The van der Waals surface area contributed by atoms with Gasteiger partial charge in [-0.25, -0.2) is 14.1 Å². The van der Waals surface area contributed by atoms with E-state index in [1.807, 2.05) is 18.3 Å². The van der Waals surface area contributed by atoms with Gasteiger partial charge in [-0.05, 0) is 71.9 Å². The molecule has 2 amide bonds. The highest BCUT2D eigenvalue weighted by Crippen LogP contribution is 2.27. The minimum Gasteiger partial charge on any atom is -0.443 e. The number of fused-ring (bicyclic) bond motifs is 1. The molecule has 30 heavy (non-hydrogen) atoms. The van der Waals surface area contributed by atoms with Gasteiger partial charge in [-0.1, -0.05) is 6.07 Å². The lowest BCUT2D eigenvalue weighted by molar-refractivity contribution is 0.0427. The van der Waals surface area contributed by atoms with Gasteiger partial charge < -0.3 is 14.2 Å². The standard InChI is InChI=1S/C21H30N4O5/c1-20(2,3)29-18(26)25(19(27)30-21(4,5)6)17-22-16-8-7-15(13-24(16)23-17)14-9-11-28-12-10-14/h7-8,13-14H,9-12H2,1-6H3. The monoisotopic (exact) mass is 418 g/mol. The molecule has 0 spiro atoms. The van der Waals surface area contributed by atoms with E-state index in [0.29, 0.717) is 11.6 Å². The van der Waals surface area contributed by atoms with Gasteiger partial charge in [0.05, 0.1) is 0 Å². The van der Waals surface area contributed by atoms with Gasteiger partial charge in [0.25, 0.3) is 5.95 Å². The molecule has 3 rings (SSSR count). The summed E-state index contributed by atoms with van der Waals surface area (Å²) < 4.78 is 17.8. The summed E-state index contributed by atoms with van der Waals surface area (Å²) in [5, 5.41) is 4.37. The number of amides is 2. The highest BCUT2D eigenvalue weighted by atomic mass is 16.6. The van der Waals surface area contributed by atoms with Crippen LogP contribution in [0.1, 0.15) is 65.9 Å². The first kappa shape index (κ1) is 22.0. The molecule has 1 aliphatic heterocycles. The first-order valence-corrected chi connectivity index (χ1v) is 10.1. The zero-order valence-corrected chi connectivity index (χ0v) is 18.5. The molecule has 0 bridgehead atoms. The molecular weight excluding hydrogens is 388 g/mol. The smallest absolute Gasteiger partial charge is 0.427 e. The van der Waals surface area contributed by atoms with Crippen LogP contribution in [0.2, 0.25) is 0 Å². The highest BCUT2D eigenvalue weighted by Gasteiger charge is 2.35. The number of aromatic nitrogens is 3. The first-order chi connectivity index (χ1) is 13.9. The Bertz CT molecular complexity index is 892. The molecule has 0 aliphatic carbocycles.